The molecule has 1 rings (SSSR count). The highest BCUT2D eigenvalue weighted by atomic mass is 16.5. The van der Waals surface area contributed by atoms with Crippen LogP contribution in [0.3, 0.4) is 0 Å². The van der Waals surface area contributed by atoms with Gasteiger partial charge in [0.1, 0.15) is 0 Å². The van der Waals surface area contributed by atoms with Gasteiger partial charge < -0.3 is 10.1 Å². The zero-order chi connectivity index (χ0) is 8.81. The van der Waals surface area contributed by atoms with Crippen LogP contribution in [0.1, 0.15) is 32.6 Å². The van der Waals surface area contributed by atoms with Crippen LogP contribution in [-0.4, -0.2) is 26.3 Å². The minimum absolute atomic E-state index is 0.599. The molecular formula is C10H21NO. The van der Waals surface area contributed by atoms with Crippen LogP contribution in [0.15, 0.2) is 0 Å². The average Bonchev–Trinajstić information content (AvgIpc) is 2.84. The van der Waals surface area contributed by atoms with Gasteiger partial charge >= 0.3 is 0 Å². The summed E-state index contributed by atoms with van der Waals surface area (Å²) in [5, 5.41) is 3.52. The van der Waals surface area contributed by atoms with Crippen molar-refractivity contribution in [2.45, 2.75) is 38.6 Å². The first-order chi connectivity index (χ1) is 5.86. The largest absolute Gasteiger partial charge is 0.383 e. The molecule has 2 heteroatoms. The molecule has 1 fully saturated rings. The van der Waals surface area contributed by atoms with E-state index < -0.39 is 0 Å². The summed E-state index contributed by atoms with van der Waals surface area (Å²) >= 11 is 0. The summed E-state index contributed by atoms with van der Waals surface area (Å²) in [4.78, 5) is 0. The highest BCUT2D eigenvalue weighted by Crippen LogP contribution is 2.33. The van der Waals surface area contributed by atoms with Gasteiger partial charge in [-0.2, -0.15) is 0 Å². The van der Waals surface area contributed by atoms with E-state index >= 15 is 0 Å². The molecule has 0 aromatic carbocycles. The normalized spacial score (nSPS) is 19.5. The van der Waals surface area contributed by atoms with Gasteiger partial charge in [-0.15, -0.1) is 0 Å². The van der Waals surface area contributed by atoms with Crippen molar-refractivity contribution in [3.8, 4) is 0 Å². The van der Waals surface area contributed by atoms with Crippen LogP contribution in [0.4, 0.5) is 0 Å². The molecule has 1 N–H and O–H groups in total. The molecule has 1 aliphatic carbocycles. The third kappa shape index (κ3) is 4.07. The summed E-state index contributed by atoms with van der Waals surface area (Å²) in [7, 11) is 1.79. The number of hydrogen-bond donors (Lipinski definition) is 1. The van der Waals surface area contributed by atoms with E-state index in [-0.39, 0.29) is 0 Å². The third-order valence-corrected chi connectivity index (χ3v) is 2.37. The molecule has 1 unspecified atom stereocenters. The fourth-order valence-corrected chi connectivity index (χ4v) is 1.52. The van der Waals surface area contributed by atoms with Crippen LogP contribution in [0.5, 0.6) is 0 Å². The van der Waals surface area contributed by atoms with E-state index in [9.17, 15) is 0 Å². The number of ether oxygens (including phenoxy) is 1. The molecule has 1 saturated carbocycles. The van der Waals surface area contributed by atoms with Crippen LogP contribution in [0.2, 0.25) is 0 Å². The number of hydrogen-bond acceptors (Lipinski definition) is 2. The minimum atomic E-state index is 0.599. The van der Waals surface area contributed by atoms with Crippen LogP contribution in [-0.2, 0) is 4.74 Å². The molecule has 12 heavy (non-hydrogen) atoms. The molecule has 1 atom stereocenters. The van der Waals surface area contributed by atoms with Crippen molar-refractivity contribution >= 4 is 0 Å². The summed E-state index contributed by atoms with van der Waals surface area (Å²) in [6.07, 6.45) is 5.40. The lowest BCUT2D eigenvalue weighted by atomic mass is 10.1. The van der Waals surface area contributed by atoms with Gasteiger partial charge in [0.25, 0.3) is 0 Å². The molecule has 0 heterocycles. The number of nitrogens with one attached hydrogen (secondary N) is 1. The van der Waals surface area contributed by atoms with Gasteiger partial charge in [-0.1, -0.05) is 19.8 Å². The lowest BCUT2D eigenvalue weighted by Gasteiger charge is -2.16. The molecule has 2 nitrogen and oxygen atoms in total. The van der Waals surface area contributed by atoms with Crippen molar-refractivity contribution in [1.82, 2.24) is 5.32 Å². The molecule has 72 valence electrons. The maximum Gasteiger partial charge on any atom is 0.0615 e. The number of methoxy groups -OCH3 is 1. The van der Waals surface area contributed by atoms with Gasteiger partial charge in [0, 0.05) is 13.2 Å². The summed E-state index contributed by atoms with van der Waals surface area (Å²) in [5.41, 5.74) is 0. The number of rotatable bonds is 7. The van der Waals surface area contributed by atoms with Crippen molar-refractivity contribution in [1.29, 1.82) is 0 Å². The monoisotopic (exact) mass is 171 g/mol. The Labute approximate surface area is 75.7 Å². The van der Waals surface area contributed by atoms with E-state index in [1.807, 2.05) is 0 Å². The second-order valence-electron chi connectivity index (χ2n) is 3.79. The average molecular weight is 171 g/mol. The summed E-state index contributed by atoms with van der Waals surface area (Å²) in [6, 6.07) is 0.599. The summed E-state index contributed by atoms with van der Waals surface area (Å²) in [5.74, 6) is 0.995. The Kier molecular flexibility index (Phi) is 4.62. The summed E-state index contributed by atoms with van der Waals surface area (Å²) < 4.78 is 5.17. The van der Waals surface area contributed by atoms with E-state index in [0.29, 0.717) is 6.04 Å². The van der Waals surface area contributed by atoms with Gasteiger partial charge in [0.05, 0.1) is 6.61 Å². The van der Waals surface area contributed by atoms with Gasteiger partial charge in [-0.25, -0.2) is 0 Å². The molecular weight excluding hydrogens is 150 g/mol. The minimum Gasteiger partial charge on any atom is -0.383 e. The zero-order valence-electron chi connectivity index (χ0n) is 8.31. The van der Waals surface area contributed by atoms with Gasteiger partial charge in [0.15, 0.2) is 0 Å². The Morgan fingerprint density at radius 2 is 2.25 bits per heavy atom. The Hall–Kier alpha value is -0.0800. The predicted octanol–water partition coefficient (Wildman–Crippen LogP) is 1.80. The maximum atomic E-state index is 5.17. The Morgan fingerprint density at radius 1 is 1.50 bits per heavy atom. The third-order valence-electron chi connectivity index (χ3n) is 2.37. The Balaban J connectivity index is 2.07. The van der Waals surface area contributed by atoms with E-state index in [1.165, 1.54) is 25.7 Å². The Morgan fingerprint density at radius 3 is 2.75 bits per heavy atom. The quantitative estimate of drug-likeness (QED) is 0.630. The van der Waals surface area contributed by atoms with Crippen molar-refractivity contribution < 1.29 is 4.74 Å². The molecule has 0 spiro atoms. The molecule has 0 aromatic rings. The molecule has 0 aliphatic heterocycles. The van der Waals surface area contributed by atoms with E-state index in [4.69, 9.17) is 4.74 Å². The molecule has 0 saturated heterocycles. The van der Waals surface area contributed by atoms with Gasteiger partial charge in [0.2, 0.25) is 0 Å². The molecule has 0 aromatic heterocycles. The lowest BCUT2D eigenvalue weighted by molar-refractivity contribution is 0.160. The predicted molar refractivity (Wildman–Crippen MR) is 51.3 cm³/mol. The summed E-state index contributed by atoms with van der Waals surface area (Å²) in [6.45, 7) is 4.20. The zero-order valence-corrected chi connectivity index (χ0v) is 8.31. The van der Waals surface area contributed by atoms with E-state index in [1.54, 1.807) is 7.11 Å². The molecule has 0 amide bonds. The highest BCUT2D eigenvalue weighted by molar-refractivity contribution is 4.79. The second-order valence-corrected chi connectivity index (χ2v) is 3.79. The second kappa shape index (κ2) is 5.55. The first kappa shape index (κ1) is 10.0. The van der Waals surface area contributed by atoms with Crippen LogP contribution in [0.25, 0.3) is 0 Å². The van der Waals surface area contributed by atoms with Crippen LogP contribution in [0, 0.1) is 5.92 Å². The van der Waals surface area contributed by atoms with Crippen molar-refractivity contribution in [2.24, 2.45) is 5.92 Å². The topological polar surface area (TPSA) is 21.3 Å². The fourth-order valence-electron chi connectivity index (χ4n) is 1.52. The van der Waals surface area contributed by atoms with Crippen molar-refractivity contribution in [3.05, 3.63) is 0 Å². The van der Waals surface area contributed by atoms with E-state index in [0.717, 1.165) is 19.1 Å². The van der Waals surface area contributed by atoms with Crippen LogP contribution >= 0.6 is 0 Å². The van der Waals surface area contributed by atoms with Crippen LogP contribution < -0.4 is 5.32 Å². The van der Waals surface area contributed by atoms with Crippen molar-refractivity contribution in [2.75, 3.05) is 20.3 Å². The first-order valence-electron chi connectivity index (χ1n) is 5.09. The Bertz CT molecular complexity index is 112. The van der Waals surface area contributed by atoms with E-state index in [2.05, 4.69) is 12.2 Å². The van der Waals surface area contributed by atoms with Gasteiger partial charge in [-0.3, -0.25) is 0 Å². The van der Waals surface area contributed by atoms with Crippen molar-refractivity contribution in [3.63, 3.8) is 0 Å². The molecule has 1 aliphatic rings. The maximum absolute atomic E-state index is 5.17. The lowest BCUT2D eigenvalue weighted by Crippen LogP contribution is -2.34. The molecule has 0 bridgehead atoms. The standard InChI is InChI=1S/C10H21NO/c1-3-6-11-10(8-12-2)7-9-4-5-9/h9-11H,3-8H2,1-2H3. The first-order valence-corrected chi connectivity index (χ1v) is 5.09. The molecule has 0 radical (unpaired) electrons. The SMILES string of the molecule is CCCNC(COC)CC1CC1. The van der Waals surface area contributed by atoms with Gasteiger partial charge in [-0.05, 0) is 25.3 Å². The highest BCUT2D eigenvalue weighted by Gasteiger charge is 2.24. The fraction of sp³-hybridized carbons (Fsp3) is 1.00. The smallest absolute Gasteiger partial charge is 0.0615 e.